The number of sulfonamides is 1. The summed E-state index contributed by atoms with van der Waals surface area (Å²) in [5.74, 6) is 0.175. The number of fused-ring (bicyclic) bond motifs is 1. The van der Waals surface area contributed by atoms with Gasteiger partial charge in [-0.3, -0.25) is 19.8 Å². The van der Waals surface area contributed by atoms with Crippen LogP contribution in [-0.2, 0) is 14.8 Å². The van der Waals surface area contributed by atoms with Crippen molar-refractivity contribution >= 4 is 61.1 Å². The van der Waals surface area contributed by atoms with Crippen molar-refractivity contribution in [2.75, 3.05) is 62.6 Å². The summed E-state index contributed by atoms with van der Waals surface area (Å²) in [6.45, 7) is 10.7. The van der Waals surface area contributed by atoms with Gasteiger partial charge in [-0.2, -0.15) is 0 Å². The molecule has 3 fully saturated rings. The first-order chi connectivity index (χ1) is 31.8. The number of allylic oxidation sites excluding steroid dienone is 1. The molecule has 1 unspecified atom stereocenters. The number of hydrogen-bond donors (Lipinski definition) is 4. The van der Waals surface area contributed by atoms with Gasteiger partial charge < -0.3 is 30.0 Å². The quantitative estimate of drug-likeness (QED) is 0.0655. The molecule has 9 rings (SSSR count). The normalized spacial score (nSPS) is 21.7. The van der Waals surface area contributed by atoms with Crippen molar-refractivity contribution in [3.05, 3.63) is 123 Å². The third-order valence-corrected chi connectivity index (χ3v) is 15.4. The summed E-state index contributed by atoms with van der Waals surface area (Å²) in [5.41, 5.74) is 5.69. The van der Waals surface area contributed by atoms with Crippen LogP contribution < -0.4 is 25.0 Å². The lowest BCUT2D eigenvalue weighted by molar-refractivity contribution is -0.384. The Hall–Kier alpha value is -5.45. The highest BCUT2D eigenvalue weighted by atomic mass is 35.5. The molecule has 0 spiro atoms. The van der Waals surface area contributed by atoms with Crippen LogP contribution in [0, 0.1) is 21.4 Å². The van der Waals surface area contributed by atoms with Crippen LogP contribution in [0.5, 0.6) is 11.5 Å². The first-order valence-corrected chi connectivity index (χ1v) is 24.9. The lowest BCUT2D eigenvalue weighted by atomic mass is 9.72. The Labute approximate surface area is 391 Å². The maximum Gasteiger partial charge on any atom is 0.293 e. The summed E-state index contributed by atoms with van der Waals surface area (Å²) >= 11 is 6.27. The minimum Gasteiger partial charge on any atom is -0.454 e. The molecule has 1 saturated carbocycles. The van der Waals surface area contributed by atoms with Crippen molar-refractivity contribution in [1.29, 1.82) is 0 Å². The number of carbonyl (C=O) groups excluding carboxylic acids is 1. The van der Waals surface area contributed by atoms with E-state index in [1.165, 1.54) is 34.9 Å². The maximum absolute atomic E-state index is 14.3. The van der Waals surface area contributed by atoms with Crippen LogP contribution in [0.15, 0.2) is 102 Å². The molecular weight excluding hydrogens is 878 g/mol. The molecule has 348 valence electrons. The van der Waals surface area contributed by atoms with Crippen molar-refractivity contribution in [2.24, 2.45) is 11.3 Å². The van der Waals surface area contributed by atoms with Gasteiger partial charge in [0.2, 0.25) is 0 Å². The zero-order valence-corrected chi connectivity index (χ0v) is 39.1. The summed E-state index contributed by atoms with van der Waals surface area (Å²) < 4.78 is 42.7. The molecule has 3 heterocycles. The average molecular weight is 937 g/mol. The highest BCUT2D eigenvalue weighted by Crippen LogP contribution is 2.44. The number of para-hydroxylation sites is 1. The first-order valence-electron chi connectivity index (χ1n) is 23.1. The van der Waals surface area contributed by atoms with E-state index in [1.807, 2.05) is 42.6 Å². The number of morpholine rings is 1. The second kappa shape index (κ2) is 19.4. The van der Waals surface area contributed by atoms with Crippen LogP contribution in [0.25, 0.3) is 16.5 Å². The number of aromatic nitrogens is 1. The second-order valence-electron chi connectivity index (χ2n) is 18.9. The van der Waals surface area contributed by atoms with Gasteiger partial charge in [-0.05, 0) is 128 Å². The van der Waals surface area contributed by atoms with Gasteiger partial charge in [0.15, 0.2) is 5.75 Å². The number of nitro benzene ring substituents is 1. The number of carbonyl (C=O) groups is 1. The van der Waals surface area contributed by atoms with Crippen LogP contribution >= 0.6 is 11.6 Å². The molecule has 16 heteroatoms. The molecule has 2 aliphatic heterocycles. The molecular formula is C50H58ClN7O7S. The highest BCUT2D eigenvalue weighted by molar-refractivity contribution is 7.90. The van der Waals surface area contributed by atoms with Crippen molar-refractivity contribution in [3.8, 4) is 11.5 Å². The van der Waals surface area contributed by atoms with Gasteiger partial charge in [0.05, 0.1) is 33.8 Å². The van der Waals surface area contributed by atoms with E-state index in [1.54, 1.807) is 12.1 Å². The number of anilines is 2. The van der Waals surface area contributed by atoms with Crippen LogP contribution in [0.3, 0.4) is 0 Å². The Balaban J connectivity index is 0.930. The number of amides is 1. The third kappa shape index (κ3) is 10.4. The van der Waals surface area contributed by atoms with E-state index in [4.69, 9.17) is 21.1 Å². The summed E-state index contributed by atoms with van der Waals surface area (Å²) in [6, 6.07) is 24.5. The number of nitro groups is 1. The van der Waals surface area contributed by atoms with E-state index in [-0.39, 0.29) is 40.2 Å². The molecule has 2 aliphatic carbocycles. The van der Waals surface area contributed by atoms with E-state index < -0.39 is 25.7 Å². The van der Waals surface area contributed by atoms with Crippen LogP contribution in [-0.4, -0.2) is 93.7 Å². The fourth-order valence-electron chi connectivity index (χ4n) is 10.1. The minimum absolute atomic E-state index is 0.00745. The van der Waals surface area contributed by atoms with E-state index in [9.17, 15) is 23.3 Å². The average Bonchev–Trinajstić information content (AvgIpc) is 3.79. The molecule has 1 amide bonds. The van der Waals surface area contributed by atoms with Gasteiger partial charge in [-0.1, -0.05) is 49.2 Å². The monoisotopic (exact) mass is 935 g/mol. The van der Waals surface area contributed by atoms with Gasteiger partial charge in [-0.25, -0.2) is 13.1 Å². The molecule has 2 saturated heterocycles. The fraction of sp³-hybridized carbons (Fsp3) is 0.420. The summed E-state index contributed by atoms with van der Waals surface area (Å²) in [7, 11) is -4.58. The van der Waals surface area contributed by atoms with Gasteiger partial charge in [0, 0.05) is 80.0 Å². The van der Waals surface area contributed by atoms with E-state index in [2.05, 4.69) is 56.1 Å². The predicted molar refractivity (Wildman–Crippen MR) is 259 cm³/mol. The van der Waals surface area contributed by atoms with E-state index >= 15 is 0 Å². The van der Waals surface area contributed by atoms with E-state index in [0.29, 0.717) is 37.1 Å². The highest BCUT2D eigenvalue weighted by Gasteiger charge is 2.33. The molecule has 0 radical (unpaired) electrons. The molecule has 1 aromatic heterocycles. The zero-order valence-electron chi connectivity index (χ0n) is 37.5. The smallest absolute Gasteiger partial charge is 0.293 e. The standard InChI is InChI=1S/C50H58ClN7O7S/c1-50(2)20-18-36(42(30-50)33-6-10-37(51)11-7-33)32-56-23-25-57(26-24-56)45-5-3-4-41(48(45)65-39-14-16-43-35(28-39)19-21-53-43)49(59)55-66(62,63)40-15-17-44(46(29-40)58(60)61)54-38-12-8-34(9-13-38)47-31-52-22-27-64-47/h3-7,10-11,14-17,19,21,28-29,34,38,47,52-54H,8-9,12-13,18,20,22-27,30-32H2,1-2H3,(H,55,59)/t34-,38-,47?. The van der Waals surface area contributed by atoms with Crippen molar-refractivity contribution in [2.45, 2.75) is 75.8 Å². The number of piperazine rings is 1. The number of benzene rings is 4. The molecule has 14 nitrogen and oxygen atoms in total. The minimum atomic E-state index is -4.58. The topological polar surface area (TPSA) is 171 Å². The lowest BCUT2D eigenvalue weighted by Crippen LogP contribution is -2.47. The molecule has 0 bridgehead atoms. The fourth-order valence-corrected chi connectivity index (χ4v) is 11.2. The molecule has 1 atom stereocenters. The predicted octanol–water partition coefficient (Wildman–Crippen LogP) is 9.39. The lowest BCUT2D eigenvalue weighted by Gasteiger charge is -2.39. The number of H-pyrrole nitrogens is 1. The molecule has 66 heavy (non-hydrogen) atoms. The largest absolute Gasteiger partial charge is 0.454 e. The number of hydrogen-bond acceptors (Lipinski definition) is 11. The van der Waals surface area contributed by atoms with Gasteiger partial charge >= 0.3 is 0 Å². The first kappa shape index (κ1) is 45.7. The number of ether oxygens (including phenoxy) is 2. The van der Waals surface area contributed by atoms with Crippen molar-refractivity contribution < 1.29 is 27.6 Å². The molecule has 4 aliphatic rings. The Kier molecular flexibility index (Phi) is 13.4. The molecule has 5 aromatic rings. The number of rotatable bonds is 13. The van der Waals surface area contributed by atoms with Crippen molar-refractivity contribution in [1.82, 2.24) is 19.9 Å². The van der Waals surface area contributed by atoms with Gasteiger partial charge in [-0.15, -0.1) is 0 Å². The third-order valence-electron chi connectivity index (χ3n) is 13.8. The Morgan fingerprint density at radius 3 is 2.52 bits per heavy atom. The van der Waals surface area contributed by atoms with Crippen LogP contribution in [0.2, 0.25) is 5.02 Å². The Morgan fingerprint density at radius 2 is 1.77 bits per heavy atom. The second-order valence-corrected chi connectivity index (χ2v) is 21.0. The number of halogens is 1. The van der Waals surface area contributed by atoms with Gasteiger partial charge in [0.1, 0.15) is 11.4 Å². The molecule has 4 aromatic carbocycles. The summed E-state index contributed by atoms with van der Waals surface area (Å²) in [4.78, 5) is 33.5. The summed E-state index contributed by atoms with van der Waals surface area (Å²) in [6.07, 6.45) is 8.60. The maximum atomic E-state index is 14.3. The zero-order chi connectivity index (χ0) is 46.0. The number of aromatic amines is 1. The van der Waals surface area contributed by atoms with E-state index in [0.717, 1.165) is 99.7 Å². The summed E-state index contributed by atoms with van der Waals surface area (Å²) in [5, 5.41) is 20.7. The van der Waals surface area contributed by atoms with Crippen LogP contribution in [0.4, 0.5) is 17.1 Å². The van der Waals surface area contributed by atoms with Crippen LogP contribution in [0.1, 0.15) is 74.7 Å². The number of nitrogens with one attached hydrogen (secondary N) is 4. The number of nitrogens with zero attached hydrogens (tertiary/aromatic N) is 3. The van der Waals surface area contributed by atoms with Gasteiger partial charge in [0.25, 0.3) is 21.6 Å². The Morgan fingerprint density at radius 1 is 0.985 bits per heavy atom. The van der Waals surface area contributed by atoms with Crippen molar-refractivity contribution in [3.63, 3.8) is 0 Å². The SMILES string of the molecule is CC1(C)CCC(CN2CCN(c3cccc(C(=O)NS(=O)(=O)c4ccc(N[C@H]5CC[C@H](C6CNCCO6)CC5)c([N+](=O)[O-])c4)c3Oc3ccc4[nH]ccc4c3)CC2)=C(c2ccc(Cl)cc2)C1. The Bertz CT molecular complexity index is 2720. The molecule has 4 N–H and O–H groups in total.